The SMILES string of the molecule is CCCOC(=O)[C@@H](C)Sc1nnc(OC(C)C)s1. The highest BCUT2D eigenvalue weighted by Gasteiger charge is 2.18. The molecule has 0 saturated carbocycles. The van der Waals surface area contributed by atoms with Crippen LogP contribution in [0.4, 0.5) is 0 Å². The fourth-order valence-corrected chi connectivity index (χ4v) is 2.96. The van der Waals surface area contributed by atoms with Crippen LogP contribution in [0.15, 0.2) is 4.34 Å². The van der Waals surface area contributed by atoms with E-state index in [-0.39, 0.29) is 17.3 Å². The van der Waals surface area contributed by atoms with Gasteiger partial charge in [-0.1, -0.05) is 23.8 Å². The van der Waals surface area contributed by atoms with Gasteiger partial charge in [0.1, 0.15) is 5.25 Å². The molecule has 1 rings (SSSR count). The van der Waals surface area contributed by atoms with Crippen LogP contribution in [0, 0.1) is 0 Å². The molecule has 0 N–H and O–H groups in total. The van der Waals surface area contributed by atoms with Crippen molar-refractivity contribution in [3.63, 3.8) is 0 Å². The van der Waals surface area contributed by atoms with Crippen LogP contribution in [-0.4, -0.2) is 34.1 Å². The zero-order chi connectivity index (χ0) is 13.5. The number of carbonyl (C=O) groups is 1. The Kier molecular flexibility index (Phi) is 6.42. The first kappa shape index (κ1) is 15.2. The monoisotopic (exact) mass is 290 g/mol. The average molecular weight is 290 g/mol. The van der Waals surface area contributed by atoms with Crippen LogP contribution in [0.2, 0.25) is 0 Å². The van der Waals surface area contributed by atoms with Gasteiger partial charge in [-0.2, -0.15) is 0 Å². The molecule has 1 aromatic heterocycles. The Labute approximate surface area is 115 Å². The van der Waals surface area contributed by atoms with E-state index in [1.807, 2.05) is 20.8 Å². The summed E-state index contributed by atoms with van der Waals surface area (Å²) in [5.74, 6) is -0.219. The second kappa shape index (κ2) is 7.58. The first-order valence-electron chi connectivity index (χ1n) is 5.86. The number of rotatable bonds is 7. The predicted octanol–water partition coefficient (Wildman–Crippen LogP) is 2.76. The first-order chi connectivity index (χ1) is 8.52. The lowest BCUT2D eigenvalue weighted by atomic mass is 10.5. The number of nitrogens with zero attached hydrogens (tertiary/aromatic N) is 2. The Balaban J connectivity index is 2.46. The normalized spacial score (nSPS) is 12.5. The van der Waals surface area contributed by atoms with Gasteiger partial charge in [-0.3, -0.25) is 4.79 Å². The van der Waals surface area contributed by atoms with Gasteiger partial charge in [-0.15, -0.1) is 5.10 Å². The van der Waals surface area contributed by atoms with Gasteiger partial charge >= 0.3 is 5.97 Å². The van der Waals surface area contributed by atoms with E-state index in [4.69, 9.17) is 9.47 Å². The lowest BCUT2D eigenvalue weighted by Gasteiger charge is -2.08. The van der Waals surface area contributed by atoms with Crippen LogP contribution < -0.4 is 4.74 Å². The fraction of sp³-hybridized carbons (Fsp3) is 0.727. The molecule has 0 aliphatic carbocycles. The van der Waals surface area contributed by atoms with Gasteiger partial charge in [0.25, 0.3) is 5.19 Å². The van der Waals surface area contributed by atoms with Crippen molar-refractivity contribution in [2.75, 3.05) is 6.61 Å². The minimum absolute atomic E-state index is 0.0720. The number of hydrogen-bond acceptors (Lipinski definition) is 7. The van der Waals surface area contributed by atoms with E-state index < -0.39 is 0 Å². The highest BCUT2D eigenvalue weighted by molar-refractivity contribution is 8.02. The molecule has 0 bridgehead atoms. The summed E-state index contributed by atoms with van der Waals surface area (Å²) < 4.78 is 11.2. The smallest absolute Gasteiger partial charge is 0.319 e. The Morgan fingerprint density at radius 2 is 2.11 bits per heavy atom. The predicted molar refractivity (Wildman–Crippen MR) is 72.2 cm³/mol. The third-order valence-corrected chi connectivity index (χ3v) is 3.76. The van der Waals surface area contributed by atoms with Crippen molar-refractivity contribution >= 4 is 29.1 Å². The van der Waals surface area contributed by atoms with Crippen molar-refractivity contribution < 1.29 is 14.3 Å². The maximum absolute atomic E-state index is 11.6. The summed E-state index contributed by atoms with van der Waals surface area (Å²) in [6, 6.07) is 0. The molecule has 5 nitrogen and oxygen atoms in total. The quantitative estimate of drug-likeness (QED) is 0.568. The van der Waals surface area contributed by atoms with Crippen molar-refractivity contribution in [3.8, 4) is 5.19 Å². The lowest BCUT2D eigenvalue weighted by Crippen LogP contribution is -2.17. The Morgan fingerprint density at radius 3 is 2.72 bits per heavy atom. The van der Waals surface area contributed by atoms with E-state index in [0.717, 1.165) is 6.42 Å². The second-order valence-corrected chi connectivity index (χ2v) is 6.46. The molecule has 0 radical (unpaired) electrons. The zero-order valence-corrected chi connectivity index (χ0v) is 12.6. The molecular formula is C11H18N2O3S2. The number of aromatic nitrogens is 2. The highest BCUT2D eigenvalue weighted by Crippen LogP contribution is 2.30. The van der Waals surface area contributed by atoms with E-state index in [9.17, 15) is 4.79 Å². The van der Waals surface area contributed by atoms with Gasteiger partial charge in [0.2, 0.25) is 0 Å². The maximum atomic E-state index is 11.6. The molecule has 102 valence electrons. The van der Waals surface area contributed by atoms with E-state index in [0.29, 0.717) is 16.1 Å². The topological polar surface area (TPSA) is 61.3 Å². The van der Waals surface area contributed by atoms with Crippen molar-refractivity contribution in [3.05, 3.63) is 0 Å². The van der Waals surface area contributed by atoms with E-state index >= 15 is 0 Å². The highest BCUT2D eigenvalue weighted by atomic mass is 32.2. The number of esters is 1. The molecule has 1 atom stereocenters. The van der Waals surface area contributed by atoms with Crippen LogP contribution in [-0.2, 0) is 9.53 Å². The van der Waals surface area contributed by atoms with Gasteiger partial charge in [-0.05, 0) is 38.5 Å². The largest absolute Gasteiger partial charge is 0.466 e. The van der Waals surface area contributed by atoms with Crippen molar-refractivity contribution in [1.82, 2.24) is 10.2 Å². The maximum Gasteiger partial charge on any atom is 0.319 e. The summed E-state index contributed by atoms with van der Waals surface area (Å²) in [6.07, 6.45) is 0.900. The molecule has 0 unspecified atom stereocenters. The molecule has 0 aromatic carbocycles. The summed E-state index contributed by atoms with van der Waals surface area (Å²) >= 11 is 2.68. The fourth-order valence-electron chi connectivity index (χ4n) is 1.01. The van der Waals surface area contributed by atoms with Crippen LogP contribution in [0.1, 0.15) is 34.1 Å². The standard InChI is InChI=1S/C11H18N2O3S2/c1-5-6-15-9(14)8(4)17-11-13-12-10(18-11)16-7(2)3/h7-8H,5-6H2,1-4H3/t8-/m1/s1. The summed E-state index contributed by atoms with van der Waals surface area (Å²) in [5.41, 5.74) is 0. The molecule has 18 heavy (non-hydrogen) atoms. The van der Waals surface area contributed by atoms with E-state index in [1.54, 1.807) is 6.92 Å². The second-order valence-electron chi connectivity index (χ2n) is 3.93. The van der Waals surface area contributed by atoms with Gasteiger partial charge < -0.3 is 9.47 Å². The summed E-state index contributed by atoms with van der Waals surface area (Å²) in [5, 5.41) is 8.12. The number of ether oxygens (including phenoxy) is 2. The Bertz CT molecular complexity index is 382. The first-order valence-corrected chi connectivity index (χ1v) is 7.56. The van der Waals surface area contributed by atoms with Crippen LogP contribution in [0.25, 0.3) is 0 Å². The molecular weight excluding hydrogens is 272 g/mol. The molecule has 0 spiro atoms. The van der Waals surface area contributed by atoms with Gasteiger partial charge in [-0.25, -0.2) is 0 Å². The lowest BCUT2D eigenvalue weighted by molar-refractivity contribution is -0.142. The number of hydrogen-bond donors (Lipinski definition) is 0. The van der Waals surface area contributed by atoms with Gasteiger partial charge in [0.05, 0.1) is 12.7 Å². The van der Waals surface area contributed by atoms with Crippen LogP contribution in [0.5, 0.6) is 5.19 Å². The summed E-state index contributed by atoms with van der Waals surface area (Å²) in [7, 11) is 0. The molecule has 0 aliphatic heterocycles. The third-order valence-electron chi connectivity index (χ3n) is 1.78. The van der Waals surface area contributed by atoms with Gasteiger partial charge in [0.15, 0.2) is 4.34 Å². The molecule has 0 saturated heterocycles. The van der Waals surface area contributed by atoms with Crippen LogP contribution >= 0.6 is 23.1 Å². The molecule has 0 aliphatic rings. The van der Waals surface area contributed by atoms with Crippen molar-refractivity contribution in [1.29, 1.82) is 0 Å². The number of thioether (sulfide) groups is 1. The van der Waals surface area contributed by atoms with E-state index in [2.05, 4.69) is 10.2 Å². The minimum atomic E-state index is -0.281. The van der Waals surface area contributed by atoms with Crippen LogP contribution in [0.3, 0.4) is 0 Å². The van der Waals surface area contributed by atoms with Crippen molar-refractivity contribution in [2.24, 2.45) is 0 Å². The third kappa shape index (κ3) is 5.22. The van der Waals surface area contributed by atoms with Gasteiger partial charge in [0, 0.05) is 0 Å². The molecule has 1 aromatic rings. The number of carbonyl (C=O) groups excluding carboxylic acids is 1. The molecule has 0 amide bonds. The zero-order valence-electron chi connectivity index (χ0n) is 11.0. The van der Waals surface area contributed by atoms with Crippen molar-refractivity contribution in [2.45, 2.75) is 49.8 Å². The minimum Gasteiger partial charge on any atom is -0.466 e. The summed E-state index contributed by atoms with van der Waals surface area (Å²) in [6.45, 7) is 8.08. The molecule has 7 heteroatoms. The van der Waals surface area contributed by atoms with E-state index in [1.165, 1.54) is 23.1 Å². The molecule has 0 fully saturated rings. The summed E-state index contributed by atoms with van der Waals surface area (Å²) in [4.78, 5) is 11.6. The Morgan fingerprint density at radius 1 is 1.39 bits per heavy atom. The average Bonchev–Trinajstić information content (AvgIpc) is 2.72. The Hall–Kier alpha value is -0.820. The molecule has 1 heterocycles.